The standard InChI is InChI=1S/C21H21FN2O4/c1-13-10-19(27-2)20(28-3)12-17(13)23-21(26)24-9-8-16(25)11-18(24)14-4-6-15(22)7-5-14/h4-10,12,18H,11H2,1-3H3,(H,23,26)/t18-/m0/s1. The summed E-state index contributed by atoms with van der Waals surface area (Å²) in [7, 11) is 3.06. The SMILES string of the molecule is COc1cc(C)c(NC(=O)N2C=CC(=O)C[C@H]2c2ccc(F)cc2)cc1OC. The van der Waals surface area contributed by atoms with E-state index in [1.165, 1.54) is 36.4 Å². The number of hydrogen-bond donors (Lipinski definition) is 1. The molecule has 0 fully saturated rings. The lowest BCUT2D eigenvalue weighted by Gasteiger charge is -2.31. The first-order valence-electron chi connectivity index (χ1n) is 8.71. The van der Waals surface area contributed by atoms with Gasteiger partial charge in [0.2, 0.25) is 0 Å². The minimum Gasteiger partial charge on any atom is -0.493 e. The van der Waals surface area contributed by atoms with Crippen molar-refractivity contribution in [3.63, 3.8) is 0 Å². The normalized spacial score (nSPS) is 16.1. The zero-order chi connectivity index (χ0) is 20.3. The van der Waals surface area contributed by atoms with Crippen LogP contribution in [0.1, 0.15) is 23.6 Å². The molecule has 2 aromatic carbocycles. The molecule has 0 bridgehead atoms. The van der Waals surface area contributed by atoms with Gasteiger partial charge in [0.05, 0.1) is 20.3 Å². The van der Waals surface area contributed by atoms with E-state index in [0.29, 0.717) is 22.7 Å². The lowest BCUT2D eigenvalue weighted by molar-refractivity contribution is -0.116. The maximum Gasteiger partial charge on any atom is 0.326 e. The third kappa shape index (κ3) is 3.98. The van der Waals surface area contributed by atoms with Crippen molar-refractivity contribution in [2.24, 2.45) is 0 Å². The van der Waals surface area contributed by atoms with Gasteiger partial charge in [-0.15, -0.1) is 0 Å². The number of amides is 2. The van der Waals surface area contributed by atoms with E-state index in [4.69, 9.17) is 9.47 Å². The Hall–Kier alpha value is -3.35. The van der Waals surface area contributed by atoms with Crippen molar-refractivity contribution < 1.29 is 23.5 Å². The number of halogens is 1. The molecule has 1 aliphatic rings. The number of urea groups is 1. The van der Waals surface area contributed by atoms with Crippen LogP contribution in [0.4, 0.5) is 14.9 Å². The summed E-state index contributed by atoms with van der Waals surface area (Å²) in [6, 6.07) is 8.30. The molecule has 0 unspecified atom stereocenters. The minimum atomic E-state index is -0.515. The molecule has 7 heteroatoms. The van der Waals surface area contributed by atoms with Crippen molar-refractivity contribution in [1.82, 2.24) is 4.90 Å². The largest absolute Gasteiger partial charge is 0.493 e. The molecule has 0 spiro atoms. The fraction of sp³-hybridized carbons (Fsp3) is 0.238. The van der Waals surface area contributed by atoms with Gasteiger partial charge >= 0.3 is 6.03 Å². The van der Waals surface area contributed by atoms with Gasteiger partial charge in [-0.2, -0.15) is 0 Å². The predicted molar refractivity (Wildman–Crippen MR) is 103 cm³/mol. The molecule has 28 heavy (non-hydrogen) atoms. The molecule has 1 N–H and O–H groups in total. The average molecular weight is 384 g/mol. The Labute approximate surface area is 162 Å². The number of nitrogens with one attached hydrogen (secondary N) is 1. The van der Waals surface area contributed by atoms with E-state index >= 15 is 0 Å². The number of hydrogen-bond acceptors (Lipinski definition) is 4. The highest BCUT2D eigenvalue weighted by Gasteiger charge is 2.29. The summed E-state index contributed by atoms with van der Waals surface area (Å²) >= 11 is 0. The van der Waals surface area contributed by atoms with Crippen LogP contribution in [0.5, 0.6) is 11.5 Å². The molecular formula is C21H21FN2O4. The second-order valence-electron chi connectivity index (χ2n) is 6.41. The lowest BCUT2D eigenvalue weighted by Crippen LogP contribution is -2.37. The van der Waals surface area contributed by atoms with Crippen molar-refractivity contribution >= 4 is 17.5 Å². The Morgan fingerprint density at radius 2 is 1.79 bits per heavy atom. The number of benzene rings is 2. The smallest absolute Gasteiger partial charge is 0.326 e. The van der Waals surface area contributed by atoms with E-state index in [2.05, 4.69) is 5.32 Å². The Bertz CT molecular complexity index is 925. The molecule has 1 heterocycles. The molecule has 0 aromatic heterocycles. The summed E-state index contributed by atoms with van der Waals surface area (Å²) in [4.78, 5) is 26.3. The number of aryl methyl sites for hydroxylation is 1. The topological polar surface area (TPSA) is 67.9 Å². The fourth-order valence-electron chi connectivity index (χ4n) is 3.09. The monoisotopic (exact) mass is 384 g/mol. The Morgan fingerprint density at radius 1 is 1.14 bits per heavy atom. The van der Waals surface area contributed by atoms with Gasteiger partial charge in [-0.05, 0) is 42.3 Å². The quantitative estimate of drug-likeness (QED) is 0.857. The van der Waals surface area contributed by atoms with Crippen LogP contribution in [-0.2, 0) is 4.79 Å². The van der Waals surface area contributed by atoms with Crippen LogP contribution in [0, 0.1) is 12.7 Å². The predicted octanol–water partition coefficient (Wildman–Crippen LogP) is 4.21. The molecule has 0 radical (unpaired) electrons. The van der Waals surface area contributed by atoms with Crippen molar-refractivity contribution in [2.45, 2.75) is 19.4 Å². The number of carbonyl (C=O) groups excluding carboxylic acids is 2. The van der Waals surface area contributed by atoms with Crippen molar-refractivity contribution in [3.05, 3.63) is 65.6 Å². The molecule has 6 nitrogen and oxygen atoms in total. The molecule has 2 amide bonds. The maximum absolute atomic E-state index is 13.3. The third-order valence-corrected chi connectivity index (χ3v) is 4.61. The van der Waals surface area contributed by atoms with E-state index in [1.54, 1.807) is 31.4 Å². The maximum atomic E-state index is 13.3. The summed E-state index contributed by atoms with van der Waals surface area (Å²) in [5.41, 5.74) is 2.03. The number of nitrogens with zero attached hydrogens (tertiary/aromatic N) is 1. The number of ketones is 1. The number of anilines is 1. The van der Waals surface area contributed by atoms with Gasteiger partial charge in [-0.3, -0.25) is 9.69 Å². The van der Waals surface area contributed by atoms with Crippen LogP contribution in [0.25, 0.3) is 0 Å². The second kappa shape index (κ2) is 8.12. The van der Waals surface area contributed by atoms with Crippen LogP contribution in [0.3, 0.4) is 0 Å². The zero-order valence-corrected chi connectivity index (χ0v) is 15.9. The molecule has 3 rings (SSSR count). The van der Waals surface area contributed by atoms with Crippen LogP contribution < -0.4 is 14.8 Å². The number of methoxy groups -OCH3 is 2. The summed E-state index contributed by atoms with van der Waals surface area (Å²) in [6.45, 7) is 1.84. The van der Waals surface area contributed by atoms with E-state index < -0.39 is 12.1 Å². The highest BCUT2D eigenvalue weighted by atomic mass is 19.1. The number of allylic oxidation sites excluding steroid dienone is 1. The number of carbonyl (C=O) groups is 2. The van der Waals surface area contributed by atoms with Crippen LogP contribution in [-0.4, -0.2) is 30.9 Å². The zero-order valence-electron chi connectivity index (χ0n) is 15.9. The highest BCUT2D eigenvalue weighted by Crippen LogP contribution is 2.34. The molecule has 1 atom stereocenters. The second-order valence-corrected chi connectivity index (χ2v) is 6.41. The summed E-state index contributed by atoms with van der Waals surface area (Å²) < 4.78 is 23.8. The van der Waals surface area contributed by atoms with E-state index in [1.807, 2.05) is 6.92 Å². The van der Waals surface area contributed by atoms with E-state index in [0.717, 1.165) is 5.56 Å². The minimum absolute atomic E-state index is 0.0966. The van der Waals surface area contributed by atoms with E-state index in [-0.39, 0.29) is 18.0 Å². The fourth-order valence-corrected chi connectivity index (χ4v) is 3.09. The first-order chi connectivity index (χ1) is 13.4. The van der Waals surface area contributed by atoms with Crippen molar-refractivity contribution in [2.75, 3.05) is 19.5 Å². The Kier molecular flexibility index (Phi) is 5.63. The molecule has 0 saturated heterocycles. The lowest BCUT2D eigenvalue weighted by atomic mass is 9.97. The molecule has 0 aliphatic carbocycles. The van der Waals surface area contributed by atoms with Gasteiger partial charge in [-0.1, -0.05) is 12.1 Å². The molecule has 2 aromatic rings. The third-order valence-electron chi connectivity index (χ3n) is 4.61. The Balaban J connectivity index is 1.88. The summed E-state index contributed by atoms with van der Waals surface area (Å²) in [6.07, 6.45) is 2.94. The van der Waals surface area contributed by atoms with E-state index in [9.17, 15) is 14.0 Å². The van der Waals surface area contributed by atoms with Gasteiger partial charge < -0.3 is 14.8 Å². The van der Waals surface area contributed by atoms with Crippen molar-refractivity contribution in [1.29, 1.82) is 0 Å². The average Bonchev–Trinajstić information content (AvgIpc) is 2.69. The van der Waals surface area contributed by atoms with Crippen molar-refractivity contribution in [3.8, 4) is 11.5 Å². The van der Waals surface area contributed by atoms with Crippen LogP contribution in [0.2, 0.25) is 0 Å². The molecular weight excluding hydrogens is 363 g/mol. The van der Waals surface area contributed by atoms with Gasteiger partial charge in [-0.25, -0.2) is 9.18 Å². The van der Waals surface area contributed by atoms with Crippen LogP contribution in [0.15, 0.2) is 48.7 Å². The molecule has 0 saturated carbocycles. The van der Waals surface area contributed by atoms with Gasteiger partial charge in [0, 0.05) is 24.4 Å². The summed E-state index contributed by atoms with van der Waals surface area (Å²) in [5.74, 6) is 0.576. The summed E-state index contributed by atoms with van der Waals surface area (Å²) in [5, 5.41) is 2.85. The first kappa shape index (κ1) is 19.4. The molecule has 146 valence electrons. The van der Waals surface area contributed by atoms with Gasteiger partial charge in [0.25, 0.3) is 0 Å². The van der Waals surface area contributed by atoms with Gasteiger partial charge in [0.1, 0.15) is 5.82 Å². The number of rotatable bonds is 4. The van der Waals surface area contributed by atoms with Gasteiger partial charge in [0.15, 0.2) is 17.3 Å². The Morgan fingerprint density at radius 3 is 2.43 bits per heavy atom. The highest BCUT2D eigenvalue weighted by molar-refractivity contribution is 5.96. The molecule has 1 aliphatic heterocycles. The first-order valence-corrected chi connectivity index (χ1v) is 8.71. The van der Waals surface area contributed by atoms with Crippen LogP contribution >= 0.6 is 0 Å². The number of ether oxygens (including phenoxy) is 2.